The highest BCUT2D eigenvalue weighted by atomic mass is 16.5. The largest absolute Gasteiger partial charge is 0.450 e. The standard InChI is InChI=1S/C12H13N3O2/c13-12(16)17-8-2-4-10-6-5-9-3-1-7-14-11(9)15-10/h1,3,5-7H,2,4,8H2,(H2,13,16). The number of amides is 1. The zero-order valence-electron chi connectivity index (χ0n) is 9.30. The number of aromatic nitrogens is 2. The van der Waals surface area contributed by atoms with Crippen LogP contribution in [0.5, 0.6) is 0 Å². The number of nitrogens with two attached hydrogens (primary N) is 1. The number of fused-ring (bicyclic) bond motifs is 1. The summed E-state index contributed by atoms with van der Waals surface area (Å²) in [4.78, 5) is 19.0. The fourth-order valence-electron chi connectivity index (χ4n) is 1.56. The fraction of sp³-hybridized carbons (Fsp3) is 0.250. The molecular formula is C12H13N3O2. The van der Waals surface area contributed by atoms with Gasteiger partial charge >= 0.3 is 6.09 Å². The molecule has 88 valence electrons. The van der Waals surface area contributed by atoms with Gasteiger partial charge in [0, 0.05) is 17.3 Å². The lowest BCUT2D eigenvalue weighted by molar-refractivity contribution is 0.155. The Morgan fingerprint density at radius 1 is 1.35 bits per heavy atom. The molecule has 2 aromatic rings. The summed E-state index contributed by atoms with van der Waals surface area (Å²) in [6.45, 7) is 0.317. The summed E-state index contributed by atoms with van der Waals surface area (Å²) >= 11 is 0. The van der Waals surface area contributed by atoms with E-state index in [1.54, 1.807) is 6.20 Å². The van der Waals surface area contributed by atoms with Crippen LogP contribution < -0.4 is 5.73 Å². The van der Waals surface area contributed by atoms with Gasteiger partial charge in [0.1, 0.15) is 0 Å². The van der Waals surface area contributed by atoms with Crippen LogP contribution in [-0.2, 0) is 11.2 Å². The summed E-state index contributed by atoms with van der Waals surface area (Å²) in [5.41, 5.74) is 6.53. The van der Waals surface area contributed by atoms with Gasteiger partial charge in [-0.3, -0.25) is 0 Å². The summed E-state index contributed by atoms with van der Waals surface area (Å²) in [5.74, 6) is 0. The first-order valence-electron chi connectivity index (χ1n) is 5.38. The SMILES string of the molecule is NC(=O)OCCCc1ccc2cccnc2n1. The molecule has 2 rings (SSSR count). The van der Waals surface area contributed by atoms with Crippen molar-refractivity contribution in [3.63, 3.8) is 0 Å². The van der Waals surface area contributed by atoms with Gasteiger partial charge in [0.05, 0.1) is 6.61 Å². The lowest BCUT2D eigenvalue weighted by Gasteiger charge is -2.02. The minimum atomic E-state index is -0.738. The van der Waals surface area contributed by atoms with Crippen molar-refractivity contribution in [2.75, 3.05) is 6.61 Å². The van der Waals surface area contributed by atoms with Gasteiger partial charge in [-0.2, -0.15) is 0 Å². The van der Waals surface area contributed by atoms with E-state index >= 15 is 0 Å². The first-order chi connectivity index (χ1) is 8.25. The van der Waals surface area contributed by atoms with Crippen molar-refractivity contribution >= 4 is 17.1 Å². The van der Waals surface area contributed by atoms with Crippen LogP contribution in [0.25, 0.3) is 11.0 Å². The van der Waals surface area contributed by atoms with E-state index in [0.29, 0.717) is 13.0 Å². The van der Waals surface area contributed by atoms with Crippen LogP contribution in [0.1, 0.15) is 12.1 Å². The molecule has 0 aliphatic rings. The lowest BCUT2D eigenvalue weighted by Crippen LogP contribution is -2.14. The Kier molecular flexibility index (Phi) is 3.49. The lowest BCUT2D eigenvalue weighted by atomic mass is 10.2. The van der Waals surface area contributed by atoms with Gasteiger partial charge in [-0.15, -0.1) is 0 Å². The number of ether oxygens (including phenoxy) is 1. The number of hydrogen-bond acceptors (Lipinski definition) is 4. The van der Waals surface area contributed by atoms with Gasteiger partial charge in [-0.25, -0.2) is 14.8 Å². The molecule has 2 heterocycles. The smallest absolute Gasteiger partial charge is 0.404 e. The Morgan fingerprint density at radius 2 is 2.24 bits per heavy atom. The molecule has 0 bridgehead atoms. The van der Waals surface area contributed by atoms with E-state index in [2.05, 4.69) is 14.7 Å². The maximum Gasteiger partial charge on any atom is 0.404 e. The molecule has 1 amide bonds. The van der Waals surface area contributed by atoms with Gasteiger partial charge in [0.25, 0.3) is 0 Å². The summed E-state index contributed by atoms with van der Waals surface area (Å²) in [6.07, 6.45) is 2.42. The molecule has 0 atom stereocenters. The molecule has 5 heteroatoms. The van der Waals surface area contributed by atoms with Crippen LogP contribution in [0.4, 0.5) is 4.79 Å². The first-order valence-corrected chi connectivity index (χ1v) is 5.38. The molecule has 0 saturated carbocycles. The van der Waals surface area contributed by atoms with E-state index in [1.165, 1.54) is 0 Å². The van der Waals surface area contributed by atoms with E-state index in [-0.39, 0.29) is 0 Å². The number of hydrogen-bond donors (Lipinski definition) is 1. The molecule has 17 heavy (non-hydrogen) atoms. The molecule has 0 aromatic carbocycles. The molecule has 0 unspecified atom stereocenters. The fourth-order valence-corrected chi connectivity index (χ4v) is 1.56. The molecule has 2 N–H and O–H groups in total. The summed E-state index contributed by atoms with van der Waals surface area (Å²) in [5, 5.41) is 1.02. The minimum Gasteiger partial charge on any atom is -0.450 e. The molecule has 0 aliphatic carbocycles. The van der Waals surface area contributed by atoms with E-state index in [4.69, 9.17) is 5.73 Å². The highest BCUT2D eigenvalue weighted by Crippen LogP contribution is 2.10. The normalized spacial score (nSPS) is 10.4. The number of nitrogens with zero attached hydrogens (tertiary/aromatic N) is 2. The van der Waals surface area contributed by atoms with E-state index in [0.717, 1.165) is 23.1 Å². The third-order valence-electron chi connectivity index (χ3n) is 2.34. The predicted octanol–water partition coefficient (Wildman–Crippen LogP) is 1.66. The molecule has 0 fully saturated rings. The number of carbonyl (C=O) groups excluding carboxylic acids is 1. The van der Waals surface area contributed by atoms with Crippen molar-refractivity contribution in [1.29, 1.82) is 0 Å². The average molecular weight is 231 g/mol. The van der Waals surface area contributed by atoms with E-state index < -0.39 is 6.09 Å². The second-order valence-electron chi connectivity index (χ2n) is 3.62. The third-order valence-corrected chi connectivity index (χ3v) is 2.34. The van der Waals surface area contributed by atoms with Crippen LogP contribution in [-0.4, -0.2) is 22.7 Å². The van der Waals surface area contributed by atoms with Gasteiger partial charge in [-0.1, -0.05) is 0 Å². The Hall–Kier alpha value is -2.17. The second-order valence-corrected chi connectivity index (χ2v) is 3.62. The van der Waals surface area contributed by atoms with Crippen molar-refractivity contribution in [3.8, 4) is 0 Å². The Bertz CT molecular complexity index is 528. The van der Waals surface area contributed by atoms with Crippen molar-refractivity contribution < 1.29 is 9.53 Å². The summed E-state index contributed by atoms with van der Waals surface area (Å²) in [6, 6.07) is 7.79. The van der Waals surface area contributed by atoms with Gasteiger partial charge in [-0.05, 0) is 37.1 Å². The molecule has 0 aliphatic heterocycles. The van der Waals surface area contributed by atoms with E-state index in [9.17, 15) is 4.79 Å². The van der Waals surface area contributed by atoms with Crippen molar-refractivity contribution in [3.05, 3.63) is 36.2 Å². The number of primary amides is 1. The summed E-state index contributed by atoms with van der Waals surface area (Å²) < 4.78 is 4.65. The number of pyridine rings is 2. The van der Waals surface area contributed by atoms with Crippen LogP contribution in [0.15, 0.2) is 30.5 Å². The number of rotatable bonds is 4. The molecular weight excluding hydrogens is 218 g/mol. The topological polar surface area (TPSA) is 78.1 Å². The zero-order valence-corrected chi connectivity index (χ0v) is 9.30. The quantitative estimate of drug-likeness (QED) is 0.811. The zero-order chi connectivity index (χ0) is 12.1. The molecule has 0 radical (unpaired) electrons. The monoisotopic (exact) mass is 231 g/mol. The van der Waals surface area contributed by atoms with E-state index in [1.807, 2.05) is 24.3 Å². The van der Waals surface area contributed by atoms with Gasteiger partial charge in [0.15, 0.2) is 5.65 Å². The highest BCUT2D eigenvalue weighted by molar-refractivity contribution is 5.74. The Labute approximate surface area is 98.6 Å². The second kappa shape index (κ2) is 5.25. The average Bonchev–Trinajstić information content (AvgIpc) is 2.34. The number of carbonyl (C=O) groups is 1. The predicted molar refractivity (Wildman–Crippen MR) is 63.4 cm³/mol. The number of aryl methyl sites for hydroxylation is 1. The van der Waals surface area contributed by atoms with Crippen molar-refractivity contribution in [2.24, 2.45) is 5.73 Å². The van der Waals surface area contributed by atoms with Crippen molar-refractivity contribution in [2.45, 2.75) is 12.8 Å². The Balaban J connectivity index is 1.97. The minimum absolute atomic E-state index is 0.317. The van der Waals surface area contributed by atoms with Gasteiger partial charge < -0.3 is 10.5 Å². The molecule has 0 saturated heterocycles. The maximum absolute atomic E-state index is 10.4. The summed E-state index contributed by atoms with van der Waals surface area (Å²) in [7, 11) is 0. The molecule has 5 nitrogen and oxygen atoms in total. The van der Waals surface area contributed by atoms with Crippen LogP contribution in [0.2, 0.25) is 0 Å². The van der Waals surface area contributed by atoms with Crippen LogP contribution in [0, 0.1) is 0 Å². The third kappa shape index (κ3) is 3.14. The van der Waals surface area contributed by atoms with Crippen LogP contribution in [0.3, 0.4) is 0 Å². The molecule has 0 spiro atoms. The first kappa shape index (κ1) is 11.3. The Morgan fingerprint density at radius 3 is 3.06 bits per heavy atom. The highest BCUT2D eigenvalue weighted by Gasteiger charge is 2.00. The maximum atomic E-state index is 10.4. The molecule has 2 aromatic heterocycles. The van der Waals surface area contributed by atoms with Crippen molar-refractivity contribution in [1.82, 2.24) is 9.97 Å². The van der Waals surface area contributed by atoms with Gasteiger partial charge in [0.2, 0.25) is 0 Å². The van der Waals surface area contributed by atoms with Crippen LogP contribution >= 0.6 is 0 Å².